The molecule has 17 heavy (non-hydrogen) atoms. The Labute approximate surface area is 96.4 Å². The van der Waals surface area contributed by atoms with Gasteiger partial charge in [-0.2, -0.15) is 0 Å². The molecule has 0 aromatic rings. The number of hydrogen-bond donors (Lipinski definition) is 4. The van der Waals surface area contributed by atoms with Gasteiger partial charge in [0.15, 0.2) is 5.60 Å². The van der Waals surface area contributed by atoms with Crippen molar-refractivity contribution in [3.8, 4) is 0 Å². The lowest BCUT2D eigenvalue weighted by Gasteiger charge is -2.20. The molecule has 8 nitrogen and oxygen atoms in total. The van der Waals surface area contributed by atoms with Crippen LogP contribution in [0.4, 0.5) is 0 Å². The van der Waals surface area contributed by atoms with E-state index in [1.165, 1.54) is 0 Å². The molecule has 1 atom stereocenters. The van der Waals surface area contributed by atoms with Gasteiger partial charge in [0.25, 0.3) is 0 Å². The molecule has 0 amide bonds. The summed E-state index contributed by atoms with van der Waals surface area (Å²) >= 11 is 0. The van der Waals surface area contributed by atoms with Gasteiger partial charge in [0.05, 0.1) is 19.4 Å². The highest BCUT2D eigenvalue weighted by Crippen LogP contribution is 2.17. The maximum Gasteiger partial charge on any atom is 0.336 e. The summed E-state index contributed by atoms with van der Waals surface area (Å²) in [5.41, 5.74) is -2.68. The molecule has 0 aromatic heterocycles. The number of esters is 1. The Morgan fingerprint density at radius 2 is 1.71 bits per heavy atom. The van der Waals surface area contributed by atoms with E-state index in [1.54, 1.807) is 0 Å². The fourth-order valence-corrected chi connectivity index (χ4v) is 1.00. The highest BCUT2D eigenvalue weighted by molar-refractivity contribution is 5.88. The molecule has 0 heterocycles. The molecular formula is C9H14O8. The van der Waals surface area contributed by atoms with Gasteiger partial charge >= 0.3 is 17.9 Å². The summed E-state index contributed by atoms with van der Waals surface area (Å²) in [7, 11) is 0. The van der Waals surface area contributed by atoms with Crippen molar-refractivity contribution >= 4 is 17.9 Å². The summed E-state index contributed by atoms with van der Waals surface area (Å²) in [5.74, 6) is -4.39. The smallest absolute Gasteiger partial charge is 0.336 e. The molecule has 4 N–H and O–H groups in total. The molecule has 0 aliphatic heterocycles. The van der Waals surface area contributed by atoms with Crippen LogP contribution in [0.3, 0.4) is 0 Å². The van der Waals surface area contributed by atoms with Crippen molar-refractivity contribution in [3.63, 3.8) is 0 Å². The van der Waals surface area contributed by atoms with Gasteiger partial charge in [-0.05, 0) is 0 Å². The SMILES string of the molecule is O=C(O)CC(O)(CC(=O)OCCCO)C(=O)O. The van der Waals surface area contributed by atoms with Crippen LogP contribution in [-0.2, 0) is 19.1 Å². The van der Waals surface area contributed by atoms with Crippen LogP contribution in [0.1, 0.15) is 19.3 Å². The molecule has 0 aliphatic rings. The van der Waals surface area contributed by atoms with Gasteiger partial charge in [-0.25, -0.2) is 4.79 Å². The van der Waals surface area contributed by atoms with E-state index < -0.39 is 36.4 Å². The molecule has 8 heteroatoms. The number of rotatable bonds is 8. The molecule has 0 aliphatic carbocycles. The second-order valence-corrected chi connectivity index (χ2v) is 3.38. The monoisotopic (exact) mass is 250 g/mol. The Hall–Kier alpha value is -1.67. The summed E-state index contributed by atoms with van der Waals surface area (Å²) in [6, 6.07) is 0. The Balaban J connectivity index is 4.39. The van der Waals surface area contributed by atoms with Crippen molar-refractivity contribution in [1.82, 2.24) is 0 Å². The predicted octanol–water partition coefficient (Wildman–Crippen LogP) is -1.41. The van der Waals surface area contributed by atoms with Crippen molar-refractivity contribution in [3.05, 3.63) is 0 Å². The zero-order valence-corrected chi connectivity index (χ0v) is 8.96. The van der Waals surface area contributed by atoms with Gasteiger partial charge in [0, 0.05) is 13.0 Å². The van der Waals surface area contributed by atoms with Gasteiger partial charge in [-0.3, -0.25) is 9.59 Å². The Morgan fingerprint density at radius 1 is 1.12 bits per heavy atom. The lowest BCUT2D eigenvalue weighted by Crippen LogP contribution is -2.43. The van der Waals surface area contributed by atoms with Crippen LogP contribution in [0.5, 0.6) is 0 Å². The highest BCUT2D eigenvalue weighted by Gasteiger charge is 2.41. The number of carboxylic acids is 2. The topological polar surface area (TPSA) is 141 Å². The molecule has 0 fully saturated rings. The van der Waals surface area contributed by atoms with E-state index in [-0.39, 0.29) is 19.6 Å². The van der Waals surface area contributed by atoms with Gasteiger partial charge in [-0.15, -0.1) is 0 Å². The number of aliphatic hydroxyl groups is 2. The quantitative estimate of drug-likeness (QED) is 0.304. The molecule has 0 rings (SSSR count). The molecule has 0 saturated heterocycles. The lowest BCUT2D eigenvalue weighted by molar-refractivity contribution is -0.172. The van der Waals surface area contributed by atoms with Gasteiger partial charge in [0.1, 0.15) is 0 Å². The minimum atomic E-state index is -2.68. The third kappa shape index (κ3) is 5.83. The Morgan fingerprint density at radius 3 is 2.12 bits per heavy atom. The van der Waals surface area contributed by atoms with E-state index in [9.17, 15) is 19.5 Å². The van der Waals surface area contributed by atoms with Gasteiger partial charge in [-0.1, -0.05) is 0 Å². The third-order valence-electron chi connectivity index (χ3n) is 1.84. The van der Waals surface area contributed by atoms with Crippen LogP contribution in [0.25, 0.3) is 0 Å². The first-order valence-electron chi connectivity index (χ1n) is 4.76. The van der Waals surface area contributed by atoms with Gasteiger partial charge < -0.3 is 25.2 Å². The van der Waals surface area contributed by atoms with E-state index in [0.29, 0.717) is 0 Å². The van der Waals surface area contributed by atoms with E-state index >= 15 is 0 Å². The molecule has 0 aromatic carbocycles. The van der Waals surface area contributed by atoms with Crippen molar-refractivity contribution in [1.29, 1.82) is 0 Å². The minimum Gasteiger partial charge on any atom is -0.481 e. The molecule has 0 saturated carbocycles. The molecule has 1 unspecified atom stereocenters. The first kappa shape index (κ1) is 15.3. The number of carboxylic acid groups (broad SMARTS) is 2. The lowest BCUT2D eigenvalue weighted by atomic mass is 9.96. The highest BCUT2D eigenvalue weighted by atomic mass is 16.5. The normalized spacial score (nSPS) is 13.8. The zero-order valence-electron chi connectivity index (χ0n) is 8.96. The van der Waals surface area contributed by atoms with Gasteiger partial charge in [0.2, 0.25) is 0 Å². The van der Waals surface area contributed by atoms with Crippen LogP contribution < -0.4 is 0 Å². The summed E-state index contributed by atoms with van der Waals surface area (Å²) < 4.78 is 4.49. The van der Waals surface area contributed by atoms with Crippen molar-refractivity contribution < 1.29 is 39.5 Å². The Bertz CT molecular complexity index is 299. The molecule has 0 radical (unpaired) electrons. The van der Waals surface area contributed by atoms with E-state index in [1.807, 2.05) is 0 Å². The predicted molar refractivity (Wildman–Crippen MR) is 52.1 cm³/mol. The average molecular weight is 250 g/mol. The second kappa shape index (κ2) is 6.81. The van der Waals surface area contributed by atoms with Crippen LogP contribution in [0, 0.1) is 0 Å². The number of carbonyl (C=O) groups is 3. The maximum atomic E-state index is 11.1. The maximum absolute atomic E-state index is 11.1. The summed E-state index contributed by atoms with van der Waals surface area (Å²) in [6.07, 6.45) is -1.88. The first-order valence-corrected chi connectivity index (χ1v) is 4.76. The Kier molecular flexibility index (Phi) is 6.15. The van der Waals surface area contributed by atoms with Crippen molar-refractivity contribution in [2.45, 2.75) is 24.9 Å². The average Bonchev–Trinajstić information content (AvgIpc) is 2.16. The summed E-state index contributed by atoms with van der Waals surface area (Å²) in [5, 5.41) is 34.9. The molecule has 98 valence electrons. The fourth-order valence-electron chi connectivity index (χ4n) is 1.00. The zero-order chi connectivity index (χ0) is 13.5. The first-order chi connectivity index (χ1) is 7.81. The van der Waals surface area contributed by atoms with Crippen LogP contribution >= 0.6 is 0 Å². The van der Waals surface area contributed by atoms with Crippen LogP contribution in [-0.4, -0.2) is 57.1 Å². The number of hydrogen-bond acceptors (Lipinski definition) is 6. The molecule has 0 spiro atoms. The number of aliphatic hydroxyl groups excluding tert-OH is 1. The van der Waals surface area contributed by atoms with Crippen LogP contribution in [0.2, 0.25) is 0 Å². The summed E-state index contributed by atoms with van der Waals surface area (Å²) in [4.78, 5) is 32.1. The number of aliphatic carboxylic acids is 2. The number of ether oxygens (including phenoxy) is 1. The van der Waals surface area contributed by atoms with Crippen LogP contribution in [0.15, 0.2) is 0 Å². The summed E-state index contributed by atoms with van der Waals surface area (Å²) in [6.45, 7) is -0.330. The second-order valence-electron chi connectivity index (χ2n) is 3.38. The fraction of sp³-hybridized carbons (Fsp3) is 0.667. The van der Waals surface area contributed by atoms with Crippen molar-refractivity contribution in [2.75, 3.05) is 13.2 Å². The largest absolute Gasteiger partial charge is 0.481 e. The molecular weight excluding hydrogens is 236 g/mol. The molecule has 0 bridgehead atoms. The minimum absolute atomic E-state index is 0.127. The van der Waals surface area contributed by atoms with E-state index in [4.69, 9.17) is 15.3 Å². The third-order valence-corrected chi connectivity index (χ3v) is 1.84. The standard InChI is InChI=1S/C9H14O8/c10-2-1-3-17-7(13)5-9(16,8(14)15)4-6(11)12/h10,16H,1-5H2,(H,11,12)(H,14,15). The van der Waals surface area contributed by atoms with E-state index in [0.717, 1.165) is 0 Å². The van der Waals surface area contributed by atoms with E-state index in [2.05, 4.69) is 4.74 Å². The van der Waals surface area contributed by atoms with Crippen molar-refractivity contribution in [2.24, 2.45) is 0 Å². The number of carbonyl (C=O) groups excluding carboxylic acids is 1.